The fourth-order valence-electron chi connectivity index (χ4n) is 11.0. The summed E-state index contributed by atoms with van der Waals surface area (Å²) < 4.78 is 4.23. The van der Waals surface area contributed by atoms with Crippen molar-refractivity contribution in [3.63, 3.8) is 0 Å². The van der Waals surface area contributed by atoms with Crippen LogP contribution in [0, 0.1) is 0 Å². The Kier molecular flexibility index (Phi) is 11.1. The van der Waals surface area contributed by atoms with E-state index < -0.39 is 0 Å². The maximum Gasteiger partial charge on any atom is 0.239 e. The molecule has 0 N–H and O–H groups in total. The molecule has 0 atom stereocenters. The van der Waals surface area contributed by atoms with Crippen molar-refractivity contribution in [3.8, 4) is 80.7 Å². The van der Waals surface area contributed by atoms with Crippen molar-refractivity contribution in [2.45, 2.75) is 9.79 Å². The molecule has 1 aliphatic rings. The average Bonchev–Trinajstić information content (AvgIpc) is 4.05. The van der Waals surface area contributed by atoms with Crippen molar-refractivity contribution in [2.24, 2.45) is 0 Å². The largest absolute Gasteiger partial charge is 0.305 e. The summed E-state index contributed by atoms with van der Waals surface area (Å²) in [5.41, 5.74) is 9.86. The number of rotatable bonds is 9. The minimum Gasteiger partial charge on any atom is -0.305 e. The number of hydrogen-bond donors (Lipinski definition) is 0. The Labute approximate surface area is 472 Å². The third kappa shape index (κ3) is 7.93. The topological polar surface area (TPSA) is 155 Å². The van der Waals surface area contributed by atoms with E-state index >= 15 is 0 Å². The predicted molar refractivity (Wildman–Crippen MR) is 322 cm³/mol. The van der Waals surface area contributed by atoms with Gasteiger partial charge in [0.2, 0.25) is 35.2 Å². The molecule has 15 aromatic rings. The Morgan fingerprint density at radius 2 is 0.598 bits per heavy atom. The molecule has 0 aliphatic carbocycles. The highest BCUT2D eigenvalue weighted by Crippen LogP contribution is 2.51. The van der Waals surface area contributed by atoms with Crippen molar-refractivity contribution < 1.29 is 0 Å². The van der Waals surface area contributed by atoms with Gasteiger partial charge in [-0.15, -0.1) is 0 Å². The second-order valence-electron chi connectivity index (χ2n) is 19.5. The van der Waals surface area contributed by atoms with Gasteiger partial charge in [0, 0.05) is 53.6 Å². The van der Waals surface area contributed by atoms with Gasteiger partial charge in [-0.1, -0.05) is 194 Å². The first-order valence-corrected chi connectivity index (χ1v) is 27.4. The van der Waals surface area contributed by atoms with Crippen LogP contribution in [-0.4, -0.2) is 64.0 Å². The Morgan fingerprint density at radius 1 is 0.268 bits per heavy atom. The molecule has 0 saturated carbocycles. The van der Waals surface area contributed by atoms with Gasteiger partial charge in [0.25, 0.3) is 0 Å². The molecule has 14 nitrogen and oxygen atoms in total. The molecule has 0 spiro atoms. The van der Waals surface area contributed by atoms with Gasteiger partial charge in [0.1, 0.15) is 0 Å². The first-order valence-electron chi connectivity index (χ1n) is 26.6. The van der Waals surface area contributed by atoms with Gasteiger partial charge < -0.3 is 4.90 Å². The van der Waals surface area contributed by atoms with Crippen molar-refractivity contribution in [1.82, 2.24) is 64.0 Å². The van der Waals surface area contributed by atoms with Crippen LogP contribution in [-0.2, 0) is 0 Å². The quantitative estimate of drug-likeness (QED) is 0.135. The normalized spacial score (nSPS) is 12.1. The van der Waals surface area contributed by atoms with E-state index in [2.05, 4.69) is 117 Å². The number of benzene rings is 9. The molecule has 0 radical (unpaired) electrons. The Hall–Kier alpha value is -11.2. The zero-order valence-corrected chi connectivity index (χ0v) is 44.1. The van der Waals surface area contributed by atoms with Crippen molar-refractivity contribution in [2.75, 3.05) is 4.90 Å². The summed E-state index contributed by atoms with van der Waals surface area (Å²) in [4.78, 5) is 61.3. The van der Waals surface area contributed by atoms with E-state index in [1.165, 1.54) is 9.79 Å². The summed E-state index contributed by atoms with van der Waals surface area (Å²) in [5, 5.41) is 4.04. The smallest absolute Gasteiger partial charge is 0.239 e. The third-order valence-electron chi connectivity index (χ3n) is 14.6. The molecular formula is C67H40N14S. The van der Waals surface area contributed by atoms with Gasteiger partial charge in [-0.3, -0.25) is 9.13 Å². The lowest BCUT2D eigenvalue weighted by molar-refractivity contribution is 0.918. The Balaban J connectivity index is 0.925. The van der Waals surface area contributed by atoms with Gasteiger partial charge in [-0.25, -0.2) is 44.9 Å². The lowest BCUT2D eigenvalue weighted by Crippen LogP contribution is -2.15. The van der Waals surface area contributed by atoms with E-state index in [-0.39, 0.29) is 23.3 Å². The molecule has 0 saturated heterocycles. The van der Waals surface area contributed by atoms with Crippen molar-refractivity contribution >= 4 is 72.4 Å². The van der Waals surface area contributed by atoms with Crippen molar-refractivity contribution in [1.29, 1.82) is 0 Å². The third-order valence-corrected chi connectivity index (χ3v) is 15.7. The number of hydrogen-bond acceptors (Lipinski definition) is 13. The number of anilines is 3. The SMILES string of the molecule is c1ccc(-c2nc(-c3ccccc3)nc(-c3nc(-c4nc(-c5ccccc5)nc(-c5ccccc5)n4)nc(-n4c5ccccc5c5c6c7ccccc7n(-c7ncc(N8c9ccccc9Sc9ccccc98)cn7)c6ccc54)n3)n2)cc1. The van der Waals surface area contributed by atoms with Crippen LogP contribution in [0.15, 0.2) is 253 Å². The monoisotopic (exact) mass is 1070 g/mol. The maximum atomic E-state index is 5.36. The standard InChI is InChI=1S/C67H40N14S/c1-5-21-41(22-6-1)58-70-59(42-23-7-2-8-24-42)73-62(72-58)64-76-65(63-74-60(43-25-9-3-10-26-43)71-61(75-63)44-27-11-4-12-28-44)78-67(77-64)81-49-32-16-14-30-47(49)57-53(81)38-37-52-56(57)46-29-13-15-31-48(46)80(52)66-68-39-45(40-69-66)79-50-33-17-19-35-54(50)82-55-36-20-18-34-51(55)79/h1-40H. The van der Waals surface area contributed by atoms with E-state index in [9.17, 15) is 0 Å². The number of para-hydroxylation sites is 4. The predicted octanol–water partition coefficient (Wildman–Crippen LogP) is 15.2. The Bertz CT molecular complexity index is 4660. The molecule has 7 heterocycles. The van der Waals surface area contributed by atoms with Crippen LogP contribution in [0.3, 0.4) is 0 Å². The van der Waals surface area contributed by atoms with Gasteiger partial charge in [0.15, 0.2) is 23.3 Å². The summed E-state index contributed by atoms with van der Waals surface area (Å²) in [7, 11) is 0. The first kappa shape index (κ1) is 46.9. The highest BCUT2D eigenvalue weighted by molar-refractivity contribution is 7.99. The average molecular weight is 1070 g/mol. The zero-order valence-electron chi connectivity index (χ0n) is 43.3. The molecule has 0 fully saturated rings. The highest BCUT2D eigenvalue weighted by atomic mass is 32.2. The Morgan fingerprint density at radius 3 is 1.02 bits per heavy atom. The summed E-state index contributed by atoms with van der Waals surface area (Å²) in [6.07, 6.45) is 3.84. The lowest BCUT2D eigenvalue weighted by atomic mass is 10.1. The minimum absolute atomic E-state index is 0.194. The molecule has 16 rings (SSSR count). The molecule has 0 unspecified atom stereocenters. The number of nitrogens with zero attached hydrogens (tertiary/aromatic N) is 14. The minimum atomic E-state index is 0.194. The van der Waals surface area contributed by atoms with Crippen LogP contribution >= 0.6 is 11.8 Å². The van der Waals surface area contributed by atoms with Crippen LogP contribution < -0.4 is 4.90 Å². The molecule has 384 valence electrons. The van der Waals surface area contributed by atoms with E-state index in [1.807, 2.05) is 140 Å². The second kappa shape index (κ2) is 19.3. The summed E-state index contributed by atoms with van der Waals surface area (Å²) in [6, 6.07) is 77.3. The van der Waals surface area contributed by atoms with Gasteiger partial charge in [0.05, 0.1) is 51.5 Å². The molecule has 9 aromatic carbocycles. The van der Waals surface area contributed by atoms with Crippen LogP contribution in [0.2, 0.25) is 0 Å². The van der Waals surface area contributed by atoms with Crippen LogP contribution in [0.1, 0.15) is 0 Å². The first-order chi connectivity index (χ1) is 40.6. The van der Waals surface area contributed by atoms with Crippen LogP contribution in [0.5, 0.6) is 0 Å². The number of fused-ring (bicyclic) bond motifs is 9. The number of aromatic nitrogens is 13. The van der Waals surface area contributed by atoms with Crippen LogP contribution in [0.25, 0.3) is 124 Å². The summed E-state index contributed by atoms with van der Waals surface area (Å²) >= 11 is 1.77. The van der Waals surface area contributed by atoms with E-state index in [0.717, 1.165) is 82.9 Å². The molecule has 82 heavy (non-hydrogen) atoms. The van der Waals surface area contributed by atoms with Gasteiger partial charge in [-0.2, -0.15) is 9.97 Å². The van der Waals surface area contributed by atoms with Gasteiger partial charge >= 0.3 is 0 Å². The maximum absolute atomic E-state index is 5.36. The fraction of sp³-hybridized carbons (Fsp3) is 0. The molecule has 0 bridgehead atoms. The molecule has 0 amide bonds. The van der Waals surface area contributed by atoms with Gasteiger partial charge in [-0.05, 0) is 48.5 Å². The van der Waals surface area contributed by atoms with E-state index in [0.29, 0.717) is 35.2 Å². The van der Waals surface area contributed by atoms with Crippen LogP contribution in [0.4, 0.5) is 17.1 Å². The summed E-state index contributed by atoms with van der Waals surface area (Å²) in [5.74, 6) is 3.55. The highest BCUT2D eigenvalue weighted by Gasteiger charge is 2.28. The fourth-order valence-corrected chi connectivity index (χ4v) is 12.0. The molecular weight excluding hydrogens is 1030 g/mol. The van der Waals surface area contributed by atoms with E-state index in [4.69, 9.17) is 54.8 Å². The van der Waals surface area contributed by atoms with Crippen molar-refractivity contribution in [3.05, 3.63) is 243 Å². The molecule has 6 aromatic heterocycles. The second-order valence-corrected chi connectivity index (χ2v) is 20.6. The molecule has 1 aliphatic heterocycles. The molecule has 15 heteroatoms. The van der Waals surface area contributed by atoms with E-state index in [1.54, 1.807) is 11.8 Å². The zero-order chi connectivity index (χ0) is 54.1. The lowest BCUT2D eigenvalue weighted by Gasteiger charge is -2.32. The summed E-state index contributed by atoms with van der Waals surface area (Å²) in [6.45, 7) is 0.